The number of carbonyl (C=O) groups is 2. The third-order valence-corrected chi connectivity index (χ3v) is 3.16. The van der Waals surface area contributed by atoms with Gasteiger partial charge >= 0.3 is 0 Å². The largest absolute Gasteiger partial charge is 0.366 e. The van der Waals surface area contributed by atoms with Crippen LogP contribution in [0.3, 0.4) is 0 Å². The highest BCUT2D eigenvalue weighted by atomic mass is 35.5. The first-order chi connectivity index (χ1) is 10.2. The third kappa shape index (κ3) is 6.54. The van der Waals surface area contributed by atoms with Crippen molar-refractivity contribution < 1.29 is 9.59 Å². The smallest absolute Gasteiger partial charge is 0.249 e. The molecule has 120 valence electrons. The number of allylic oxidation sites excluding steroid dienone is 3. The molecule has 0 fully saturated rings. The second kappa shape index (κ2) is 9.73. The quantitative estimate of drug-likeness (QED) is 0.444. The first kappa shape index (κ1) is 19.9. The van der Waals surface area contributed by atoms with E-state index in [0.29, 0.717) is 21.9 Å². The van der Waals surface area contributed by atoms with Gasteiger partial charge in [0.25, 0.3) is 0 Å². The summed E-state index contributed by atoms with van der Waals surface area (Å²) < 4.78 is 0. The highest BCUT2D eigenvalue weighted by Crippen LogP contribution is 2.17. The van der Waals surface area contributed by atoms with Crippen LogP contribution in [0.4, 0.5) is 0 Å². The van der Waals surface area contributed by atoms with Crippen LogP contribution in [0.2, 0.25) is 0 Å². The molecular formula is C16H22ClN3O2. The number of likely N-dealkylation sites (N-methyl/N-ethyl adjacent to an activating group) is 1. The maximum absolute atomic E-state index is 11.4. The molecule has 0 rings (SSSR count). The fraction of sp³-hybridized carbons (Fsp3) is 0.312. The molecule has 0 heterocycles. The first-order valence-corrected chi connectivity index (χ1v) is 7.04. The number of primary amides is 1. The van der Waals surface area contributed by atoms with E-state index >= 15 is 0 Å². The van der Waals surface area contributed by atoms with Crippen LogP contribution >= 0.6 is 11.6 Å². The molecule has 0 aromatic rings. The van der Waals surface area contributed by atoms with Crippen molar-refractivity contribution in [3.63, 3.8) is 0 Å². The van der Waals surface area contributed by atoms with Gasteiger partial charge in [-0.05, 0) is 25.5 Å². The van der Waals surface area contributed by atoms with Crippen LogP contribution in [0.25, 0.3) is 0 Å². The molecule has 0 aliphatic rings. The highest BCUT2D eigenvalue weighted by Gasteiger charge is 2.08. The number of amides is 2. The molecule has 0 aliphatic heterocycles. The minimum atomic E-state index is -0.549. The minimum absolute atomic E-state index is 0.0997. The van der Waals surface area contributed by atoms with Gasteiger partial charge in [-0.3, -0.25) is 14.6 Å². The van der Waals surface area contributed by atoms with Crippen LogP contribution in [-0.2, 0) is 9.59 Å². The molecular weight excluding hydrogens is 302 g/mol. The molecule has 0 aliphatic carbocycles. The average molecular weight is 324 g/mol. The number of halogens is 1. The summed E-state index contributed by atoms with van der Waals surface area (Å²) >= 11 is 5.97. The van der Waals surface area contributed by atoms with E-state index in [1.165, 1.54) is 18.0 Å². The van der Waals surface area contributed by atoms with Gasteiger partial charge in [0.1, 0.15) is 0 Å². The van der Waals surface area contributed by atoms with E-state index in [4.69, 9.17) is 17.3 Å². The van der Waals surface area contributed by atoms with Crippen LogP contribution in [0.1, 0.15) is 20.8 Å². The summed E-state index contributed by atoms with van der Waals surface area (Å²) in [6.45, 7) is 8.88. The Hall–Kier alpha value is -2.14. The lowest BCUT2D eigenvalue weighted by Gasteiger charge is -2.17. The van der Waals surface area contributed by atoms with Gasteiger partial charge in [-0.2, -0.15) is 0 Å². The third-order valence-electron chi connectivity index (χ3n) is 2.91. The van der Waals surface area contributed by atoms with Crippen molar-refractivity contribution in [3.05, 3.63) is 46.7 Å². The molecule has 0 radical (unpaired) electrons. The Bertz CT molecular complexity index is 572. The van der Waals surface area contributed by atoms with Crippen molar-refractivity contribution in [1.82, 2.24) is 4.90 Å². The molecule has 0 spiro atoms. The number of hydrogen-bond acceptors (Lipinski definition) is 3. The van der Waals surface area contributed by atoms with E-state index in [1.54, 1.807) is 32.2 Å². The summed E-state index contributed by atoms with van der Waals surface area (Å²) in [6, 6.07) is 0. The summed E-state index contributed by atoms with van der Waals surface area (Å²) in [5.74, 6) is -0.649. The van der Waals surface area contributed by atoms with Gasteiger partial charge in [0.05, 0.1) is 12.1 Å². The lowest BCUT2D eigenvalue weighted by atomic mass is 10.2. The Morgan fingerprint density at radius 2 is 1.91 bits per heavy atom. The van der Waals surface area contributed by atoms with Crippen LogP contribution in [0.15, 0.2) is 51.7 Å². The van der Waals surface area contributed by atoms with Crippen molar-refractivity contribution in [1.29, 1.82) is 0 Å². The van der Waals surface area contributed by atoms with E-state index in [0.717, 1.165) is 0 Å². The lowest BCUT2D eigenvalue weighted by molar-refractivity contribution is -0.125. The summed E-state index contributed by atoms with van der Waals surface area (Å²) in [5, 5.41) is 0.314. The number of rotatable bonds is 7. The Morgan fingerprint density at radius 3 is 2.27 bits per heavy atom. The summed E-state index contributed by atoms with van der Waals surface area (Å²) in [7, 11) is 1.66. The second-order valence-electron chi connectivity index (χ2n) is 4.44. The predicted molar refractivity (Wildman–Crippen MR) is 91.6 cm³/mol. The van der Waals surface area contributed by atoms with Gasteiger partial charge in [0.15, 0.2) is 0 Å². The fourth-order valence-electron chi connectivity index (χ4n) is 1.47. The molecule has 22 heavy (non-hydrogen) atoms. The zero-order chi connectivity index (χ0) is 17.3. The minimum Gasteiger partial charge on any atom is -0.366 e. The predicted octanol–water partition coefficient (Wildman–Crippen LogP) is 2.55. The molecule has 5 nitrogen and oxygen atoms in total. The molecule has 0 saturated heterocycles. The van der Waals surface area contributed by atoms with Crippen molar-refractivity contribution in [2.45, 2.75) is 20.8 Å². The van der Waals surface area contributed by atoms with E-state index in [1.807, 2.05) is 6.92 Å². The van der Waals surface area contributed by atoms with Crippen LogP contribution in [0, 0.1) is 0 Å². The number of hydrogen-bond donors (Lipinski definition) is 1. The topological polar surface area (TPSA) is 75.8 Å². The van der Waals surface area contributed by atoms with Gasteiger partial charge < -0.3 is 10.6 Å². The number of nitrogens with zero attached hydrogens (tertiary/aromatic N) is 2. The molecule has 0 bridgehead atoms. The Labute approximate surface area is 136 Å². The Morgan fingerprint density at radius 1 is 1.32 bits per heavy atom. The average Bonchev–Trinajstić information content (AvgIpc) is 2.45. The van der Waals surface area contributed by atoms with Gasteiger partial charge in [0.2, 0.25) is 11.8 Å². The summed E-state index contributed by atoms with van der Waals surface area (Å²) in [5.41, 5.74) is 6.82. The Balaban J connectivity index is 5.29. The van der Waals surface area contributed by atoms with Crippen molar-refractivity contribution in [3.8, 4) is 0 Å². The van der Waals surface area contributed by atoms with E-state index in [2.05, 4.69) is 11.6 Å². The van der Waals surface area contributed by atoms with E-state index in [-0.39, 0.29) is 12.5 Å². The Kier molecular flexibility index (Phi) is 8.79. The van der Waals surface area contributed by atoms with Crippen molar-refractivity contribution >= 4 is 29.6 Å². The van der Waals surface area contributed by atoms with Gasteiger partial charge in [0, 0.05) is 30.9 Å². The van der Waals surface area contributed by atoms with E-state index < -0.39 is 5.91 Å². The monoisotopic (exact) mass is 323 g/mol. The van der Waals surface area contributed by atoms with Gasteiger partial charge in [-0.1, -0.05) is 30.3 Å². The maximum Gasteiger partial charge on any atom is 0.249 e. The van der Waals surface area contributed by atoms with Gasteiger partial charge in [-0.15, -0.1) is 0 Å². The van der Waals surface area contributed by atoms with Crippen LogP contribution < -0.4 is 5.73 Å². The standard InChI is InChI=1S/C16H22ClN3O2/c1-6-13(16(18)22)9-19-10-14(11(3)17)8-15(7-2)20(5)12(4)21/h6-9H,3,10H2,1-2,4-5H3,(H2,18,22)/b13-6+,14-8-,15-7+,19-9?. The molecule has 0 aromatic heterocycles. The first-order valence-electron chi connectivity index (χ1n) is 6.66. The SMILES string of the molecule is C=C(Cl)/C(=C\C(=C/C)N(C)C(C)=O)CN=C/C(=C\C)C(N)=O. The zero-order valence-electron chi connectivity index (χ0n) is 13.4. The maximum atomic E-state index is 11.4. The number of carbonyl (C=O) groups excluding carboxylic acids is 2. The molecule has 0 aromatic carbocycles. The van der Waals surface area contributed by atoms with Crippen molar-refractivity contribution in [2.75, 3.05) is 13.6 Å². The summed E-state index contributed by atoms with van der Waals surface area (Å²) in [4.78, 5) is 28.1. The van der Waals surface area contributed by atoms with Crippen LogP contribution in [0.5, 0.6) is 0 Å². The summed E-state index contributed by atoms with van der Waals surface area (Å²) in [6.07, 6.45) is 6.48. The van der Waals surface area contributed by atoms with E-state index in [9.17, 15) is 9.59 Å². The molecule has 0 atom stereocenters. The molecule has 0 unspecified atom stereocenters. The van der Waals surface area contributed by atoms with Gasteiger partial charge in [-0.25, -0.2) is 0 Å². The molecule has 2 N–H and O–H groups in total. The second-order valence-corrected chi connectivity index (χ2v) is 4.90. The number of aliphatic imine (C=N–C) groups is 1. The lowest BCUT2D eigenvalue weighted by Crippen LogP contribution is -2.22. The zero-order valence-corrected chi connectivity index (χ0v) is 14.1. The van der Waals surface area contributed by atoms with Crippen LogP contribution in [-0.4, -0.2) is 36.5 Å². The van der Waals surface area contributed by atoms with Crippen molar-refractivity contribution in [2.24, 2.45) is 10.7 Å². The normalized spacial score (nSPS) is 13.4. The molecule has 6 heteroatoms. The highest BCUT2D eigenvalue weighted by molar-refractivity contribution is 6.31. The molecule has 0 saturated carbocycles. The molecule has 2 amide bonds. The number of nitrogens with two attached hydrogens (primary N) is 1. The fourth-order valence-corrected chi connectivity index (χ4v) is 1.58.